The standard InChI is InChI=1S/C25H47NO5/c1-13-17(4)22(19(30-12)15-21(28)31-25(8,9)10)26(11)23(29)18(16(2)3)14-20(27)24(5,6)7/h16-19,22H,13-15H2,1-12H3/t17-,18-,19+,22-/m0/s1. The van der Waals surface area contributed by atoms with Crippen molar-refractivity contribution in [3.05, 3.63) is 0 Å². The molecule has 0 aromatic rings. The second-order valence-corrected chi connectivity index (χ2v) is 11.1. The van der Waals surface area contributed by atoms with Crippen molar-refractivity contribution in [3.8, 4) is 0 Å². The van der Waals surface area contributed by atoms with Crippen molar-refractivity contribution in [1.82, 2.24) is 4.90 Å². The van der Waals surface area contributed by atoms with Crippen molar-refractivity contribution in [2.75, 3.05) is 14.2 Å². The highest BCUT2D eigenvalue weighted by molar-refractivity contribution is 5.89. The molecule has 0 radical (unpaired) electrons. The summed E-state index contributed by atoms with van der Waals surface area (Å²) in [6.07, 6.45) is 0.600. The van der Waals surface area contributed by atoms with Crippen molar-refractivity contribution < 1.29 is 23.9 Å². The zero-order valence-electron chi connectivity index (χ0n) is 22.0. The number of rotatable bonds is 11. The second-order valence-electron chi connectivity index (χ2n) is 11.1. The van der Waals surface area contributed by atoms with Gasteiger partial charge in [-0.1, -0.05) is 54.9 Å². The highest BCUT2D eigenvalue weighted by Gasteiger charge is 2.39. The van der Waals surface area contributed by atoms with E-state index in [-0.39, 0.29) is 48.4 Å². The van der Waals surface area contributed by atoms with Gasteiger partial charge in [0.25, 0.3) is 0 Å². The number of amides is 1. The van der Waals surface area contributed by atoms with E-state index in [1.165, 1.54) is 0 Å². The van der Waals surface area contributed by atoms with Gasteiger partial charge in [0.15, 0.2) is 0 Å². The van der Waals surface area contributed by atoms with E-state index < -0.39 is 23.0 Å². The smallest absolute Gasteiger partial charge is 0.309 e. The first kappa shape index (κ1) is 29.6. The van der Waals surface area contributed by atoms with Crippen LogP contribution in [0, 0.1) is 23.2 Å². The molecule has 182 valence electrons. The lowest BCUT2D eigenvalue weighted by atomic mass is 9.80. The minimum Gasteiger partial charge on any atom is -0.460 e. The van der Waals surface area contributed by atoms with Gasteiger partial charge in [-0.05, 0) is 32.6 Å². The number of likely N-dealkylation sites (N-methyl/N-ethyl adjacent to an activating group) is 1. The molecule has 0 saturated carbocycles. The molecule has 1 amide bonds. The number of hydrogen-bond donors (Lipinski definition) is 0. The predicted molar refractivity (Wildman–Crippen MR) is 125 cm³/mol. The molecule has 6 heteroatoms. The van der Waals surface area contributed by atoms with Crippen molar-refractivity contribution in [3.63, 3.8) is 0 Å². The van der Waals surface area contributed by atoms with Gasteiger partial charge in [-0.25, -0.2) is 0 Å². The molecule has 0 fully saturated rings. The average molecular weight is 442 g/mol. The highest BCUT2D eigenvalue weighted by atomic mass is 16.6. The van der Waals surface area contributed by atoms with Gasteiger partial charge < -0.3 is 14.4 Å². The predicted octanol–water partition coefficient (Wildman–Crippen LogP) is 4.88. The minimum atomic E-state index is -0.584. The topological polar surface area (TPSA) is 72.9 Å². The van der Waals surface area contributed by atoms with E-state index in [0.717, 1.165) is 6.42 Å². The fourth-order valence-electron chi connectivity index (χ4n) is 3.65. The Morgan fingerprint density at radius 2 is 1.45 bits per heavy atom. The van der Waals surface area contributed by atoms with Crippen LogP contribution < -0.4 is 0 Å². The molecule has 0 aliphatic carbocycles. The molecule has 0 heterocycles. The van der Waals surface area contributed by atoms with Crippen LogP contribution in [0.5, 0.6) is 0 Å². The lowest BCUT2D eigenvalue weighted by Gasteiger charge is -2.40. The number of carbonyl (C=O) groups is 3. The summed E-state index contributed by atoms with van der Waals surface area (Å²) in [6, 6.07) is -0.305. The summed E-state index contributed by atoms with van der Waals surface area (Å²) < 4.78 is 11.2. The van der Waals surface area contributed by atoms with Gasteiger partial charge in [0, 0.05) is 31.9 Å². The fraction of sp³-hybridized carbons (Fsp3) is 0.880. The van der Waals surface area contributed by atoms with Gasteiger partial charge in [-0.15, -0.1) is 0 Å². The van der Waals surface area contributed by atoms with E-state index in [1.807, 2.05) is 55.4 Å². The molecule has 0 spiro atoms. The maximum Gasteiger partial charge on any atom is 0.309 e. The third kappa shape index (κ3) is 9.71. The lowest BCUT2D eigenvalue weighted by Crippen LogP contribution is -2.52. The highest BCUT2D eigenvalue weighted by Crippen LogP contribution is 2.29. The fourth-order valence-corrected chi connectivity index (χ4v) is 3.65. The molecule has 0 aromatic heterocycles. The molecule has 0 saturated heterocycles. The van der Waals surface area contributed by atoms with Gasteiger partial charge in [0.1, 0.15) is 11.4 Å². The SMILES string of the molecule is CC[C@H](C)[C@@H]([C@@H](CC(=O)OC(C)(C)C)OC)N(C)C(=O)[C@@H](CC(=O)C(C)(C)C)C(C)C. The first-order chi connectivity index (χ1) is 14.0. The van der Waals surface area contributed by atoms with Crippen LogP contribution >= 0.6 is 0 Å². The normalized spacial score (nSPS) is 16.4. The van der Waals surface area contributed by atoms with E-state index in [1.54, 1.807) is 19.1 Å². The summed E-state index contributed by atoms with van der Waals surface area (Å²) in [6.45, 7) is 19.2. The van der Waals surface area contributed by atoms with Crippen LogP contribution in [0.4, 0.5) is 0 Å². The molecule has 0 N–H and O–H groups in total. The Bertz CT molecular complexity index is 600. The number of nitrogens with zero attached hydrogens (tertiary/aromatic N) is 1. The van der Waals surface area contributed by atoms with Gasteiger partial charge in [0.2, 0.25) is 5.91 Å². The molecule has 0 aromatic carbocycles. The van der Waals surface area contributed by atoms with Crippen molar-refractivity contribution in [2.45, 2.75) is 106 Å². The second kappa shape index (κ2) is 12.0. The maximum absolute atomic E-state index is 13.5. The quantitative estimate of drug-likeness (QED) is 0.427. The number of ketones is 1. The number of esters is 1. The van der Waals surface area contributed by atoms with Gasteiger partial charge in [-0.2, -0.15) is 0 Å². The lowest BCUT2D eigenvalue weighted by molar-refractivity contribution is -0.161. The first-order valence-corrected chi connectivity index (χ1v) is 11.5. The van der Waals surface area contributed by atoms with Crippen LogP contribution in [0.25, 0.3) is 0 Å². The number of carbonyl (C=O) groups excluding carboxylic acids is 3. The van der Waals surface area contributed by atoms with Crippen molar-refractivity contribution in [1.29, 1.82) is 0 Å². The van der Waals surface area contributed by atoms with Crippen molar-refractivity contribution in [2.24, 2.45) is 23.2 Å². The Balaban J connectivity index is 5.79. The Morgan fingerprint density at radius 1 is 0.935 bits per heavy atom. The minimum absolute atomic E-state index is 0.0192. The molecule has 0 bridgehead atoms. The Labute approximate surface area is 190 Å². The molecule has 0 aliphatic rings. The monoisotopic (exact) mass is 441 g/mol. The van der Waals surface area contributed by atoms with E-state index in [2.05, 4.69) is 13.8 Å². The number of methoxy groups -OCH3 is 1. The van der Waals surface area contributed by atoms with E-state index in [4.69, 9.17) is 9.47 Å². The third-order valence-electron chi connectivity index (χ3n) is 5.86. The van der Waals surface area contributed by atoms with E-state index in [9.17, 15) is 14.4 Å². The molecule has 0 rings (SSSR count). The zero-order chi connectivity index (χ0) is 24.7. The molecule has 0 unspecified atom stereocenters. The first-order valence-electron chi connectivity index (χ1n) is 11.5. The van der Waals surface area contributed by atoms with Crippen LogP contribution in [0.2, 0.25) is 0 Å². The van der Waals surface area contributed by atoms with Crippen LogP contribution in [0.3, 0.4) is 0 Å². The van der Waals surface area contributed by atoms with E-state index in [0.29, 0.717) is 0 Å². The average Bonchev–Trinajstić information content (AvgIpc) is 2.61. The number of Topliss-reactive ketones (excluding diaryl/α,β-unsaturated/α-hetero) is 1. The zero-order valence-corrected chi connectivity index (χ0v) is 22.0. The van der Waals surface area contributed by atoms with Gasteiger partial charge in [-0.3, -0.25) is 14.4 Å². The van der Waals surface area contributed by atoms with Crippen LogP contribution in [0.1, 0.15) is 88.5 Å². The molecular weight excluding hydrogens is 394 g/mol. The Morgan fingerprint density at radius 3 is 1.81 bits per heavy atom. The van der Waals surface area contributed by atoms with Crippen LogP contribution in [-0.2, 0) is 23.9 Å². The number of hydrogen-bond acceptors (Lipinski definition) is 5. The molecule has 6 nitrogen and oxygen atoms in total. The summed E-state index contributed by atoms with van der Waals surface area (Å²) >= 11 is 0. The van der Waals surface area contributed by atoms with Crippen LogP contribution in [0.15, 0.2) is 0 Å². The summed E-state index contributed by atoms with van der Waals surface area (Å²) in [4.78, 5) is 40.4. The summed E-state index contributed by atoms with van der Waals surface area (Å²) in [5.41, 5.74) is -1.08. The summed E-state index contributed by atoms with van der Waals surface area (Å²) in [5, 5.41) is 0. The third-order valence-corrected chi connectivity index (χ3v) is 5.86. The summed E-state index contributed by atoms with van der Waals surface area (Å²) in [7, 11) is 3.32. The van der Waals surface area contributed by atoms with E-state index >= 15 is 0 Å². The van der Waals surface area contributed by atoms with Gasteiger partial charge in [0.05, 0.1) is 18.6 Å². The maximum atomic E-state index is 13.5. The van der Waals surface area contributed by atoms with Crippen molar-refractivity contribution >= 4 is 17.7 Å². The molecule has 0 aliphatic heterocycles. The summed E-state index contributed by atoms with van der Waals surface area (Å²) in [5.74, 6) is -0.647. The number of ether oxygens (including phenoxy) is 2. The Hall–Kier alpha value is -1.43. The Kier molecular flexibility index (Phi) is 11.4. The molecule has 4 atom stereocenters. The molecular formula is C25H47NO5. The largest absolute Gasteiger partial charge is 0.460 e. The van der Waals surface area contributed by atoms with Crippen LogP contribution in [-0.4, -0.2) is 54.5 Å². The molecule has 31 heavy (non-hydrogen) atoms. The van der Waals surface area contributed by atoms with Gasteiger partial charge >= 0.3 is 5.97 Å².